The highest BCUT2D eigenvalue weighted by molar-refractivity contribution is 6.00. The maximum absolute atomic E-state index is 13.4. The smallest absolute Gasteiger partial charge is 0.325 e. The first-order chi connectivity index (χ1) is 21.8. The fourth-order valence-electron chi connectivity index (χ4n) is 6.55. The van der Waals surface area contributed by atoms with Gasteiger partial charge in [-0.05, 0) is 35.1 Å². The van der Waals surface area contributed by atoms with Crippen LogP contribution in [0, 0.1) is 29.1 Å². The minimum Gasteiger partial charge on any atom is -0.468 e. The summed E-state index contributed by atoms with van der Waals surface area (Å²) in [5, 5.41) is 24.1. The number of fused-ring (bicyclic) bond motifs is 4. The molecule has 4 aromatic carbocycles. The van der Waals surface area contributed by atoms with E-state index < -0.39 is 28.6 Å². The van der Waals surface area contributed by atoms with Crippen molar-refractivity contribution in [1.82, 2.24) is 0 Å². The molecule has 6 nitrogen and oxygen atoms in total. The molecule has 0 aliphatic heterocycles. The summed E-state index contributed by atoms with van der Waals surface area (Å²) in [5.41, 5.74) is 1.07. The van der Waals surface area contributed by atoms with Gasteiger partial charge in [0.05, 0.1) is 14.2 Å². The standard InChI is InChI=1S/C39H32O6/c1-44-35(40)37(36(41)45-2,21-11-23-38(42)31-17-7-3-13-27(31)25-28-14-4-8-18-32(28)38)22-12-24-39(43)33-19-9-5-15-29(33)26-30-16-6-10-20-34(30)39/h3-10,13-20,42-43H,21-22,25-26H2,1-2H3. The van der Waals surface area contributed by atoms with E-state index in [4.69, 9.17) is 9.47 Å². The Kier molecular flexibility index (Phi) is 7.81. The Labute approximate surface area is 262 Å². The number of benzene rings is 4. The Morgan fingerprint density at radius 3 is 1.18 bits per heavy atom. The third-order valence-electron chi connectivity index (χ3n) is 8.86. The van der Waals surface area contributed by atoms with Crippen molar-refractivity contribution in [3.8, 4) is 23.7 Å². The average Bonchev–Trinajstić information content (AvgIpc) is 3.07. The molecule has 45 heavy (non-hydrogen) atoms. The van der Waals surface area contributed by atoms with E-state index in [1.807, 2.05) is 97.1 Å². The molecule has 2 aliphatic carbocycles. The van der Waals surface area contributed by atoms with Crippen LogP contribution in [0.4, 0.5) is 0 Å². The van der Waals surface area contributed by atoms with Crippen LogP contribution in [0.5, 0.6) is 0 Å². The van der Waals surface area contributed by atoms with Crippen LogP contribution in [-0.4, -0.2) is 36.4 Å². The number of carbonyl (C=O) groups is 2. The van der Waals surface area contributed by atoms with Gasteiger partial charge in [-0.2, -0.15) is 0 Å². The lowest BCUT2D eigenvalue weighted by molar-refractivity contribution is -0.168. The van der Waals surface area contributed by atoms with E-state index in [9.17, 15) is 19.8 Å². The molecule has 0 fully saturated rings. The summed E-state index contributed by atoms with van der Waals surface area (Å²) in [6.45, 7) is 0. The van der Waals surface area contributed by atoms with Crippen LogP contribution in [-0.2, 0) is 43.1 Å². The van der Waals surface area contributed by atoms with Crippen molar-refractivity contribution >= 4 is 11.9 Å². The van der Waals surface area contributed by atoms with Crippen LogP contribution in [0.15, 0.2) is 97.1 Å². The van der Waals surface area contributed by atoms with Crippen molar-refractivity contribution in [3.05, 3.63) is 142 Å². The number of ether oxygens (including phenoxy) is 2. The fourth-order valence-corrected chi connectivity index (χ4v) is 6.55. The van der Waals surface area contributed by atoms with Crippen LogP contribution < -0.4 is 0 Å². The average molecular weight is 597 g/mol. The van der Waals surface area contributed by atoms with Crippen molar-refractivity contribution in [2.45, 2.75) is 36.9 Å². The second kappa shape index (κ2) is 11.7. The van der Waals surface area contributed by atoms with Crippen LogP contribution >= 0.6 is 0 Å². The Morgan fingerprint density at radius 2 is 0.889 bits per heavy atom. The first-order valence-corrected chi connectivity index (χ1v) is 14.7. The fraction of sp³-hybridized carbons (Fsp3) is 0.231. The molecule has 0 amide bonds. The second-order valence-electron chi connectivity index (χ2n) is 11.4. The van der Waals surface area contributed by atoms with E-state index >= 15 is 0 Å². The molecule has 0 bridgehead atoms. The molecule has 0 unspecified atom stereocenters. The molecule has 0 atom stereocenters. The van der Waals surface area contributed by atoms with Gasteiger partial charge in [0, 0.05) is 35.1 Å². The van der Waals surface area contributed by atoms with E-state index in [-0.39, 0.29) is 12.8 Å². The van der Waals surface area contributed by atoms with Gasteiger partial charge in [0.2, 0.25) is 0 Å². The SMILES string of the molecule is COC(=O)C(CC#CC1(O)c2ccccc2Cc2ccccc21)(CC#CC1(O)c2ccccc2Cc2ccccc21)C(=O)OC. The summed E-state index contributed by atoms with van der Waals surface area (Å²) in [5.74, 6) is 10.1. The number of methoxy groups -OCH3 is 2. The zero-order valence-corrected chi connectivity index (χ0v) is 25.1. The highest BCUT2D eigenvalue weighted by Crippen LogP contribution is 2.41. The molecular weight excluding hydrogens is 564 g/mol. The zero-order chi connectivity index (χ0) is 31.7. The molecule has 0 spiro atoms. The molecule has 0 heterocycles. The topological polar surface area (TPSA) is 93.1 Å². The lowest BCUT2D eigenvalue weighted by Gasteiger charge is -2.33. The largest absolute Gasteiger partial charge is 0.468 e. The Morgan fingerprint density at radius 1 is 0.600 bits per heavy atom. The molecule has 0 saturated carbocycles. The quantitative estimate of drug-likeness (QED) is 0.200. The van der Waals surface area contributed by atoms with E-state index in [1.165, 1.54) is 14.2 Å². The van der Waals surface area contributed by atoms with Gasteiger partial charge >= 0.3 is 11.9 Å². The molecule has 0 saturated heterocycles. The molecule has 224 valence electrons. The summed E-state index contributed by atoms with van der Waals surface area (Å²) in [6, 6.07) is 30.2. The maximum atomic E-state index is 13.4. The third-order valence-corrected chi connectivity index (χ3v) is 8.86. The highest BCUT2D eigenvalue weighted by atomic mass is 16.5. The number of esters is 2. The molecule has 6 heteroatoms. The van der Waals surface area contributed by atoms with E-state index in [0.29, 0.717) is 35.1 Å². The lowest BCUT2D eigenvalue weighted by Crippen LogP contribution is -2.41. The Hall–Kier alpha value is -5.14. The van der Waals surface area contributed by atoms with Gasteiger partial charge in [0.15, 0.2) is 16.6 Å². The molecule has 0 radical (unpaired) electrons. The summed E-state index contributed by atoms with van der Waals surface area (Å²) in [4.78, 5) is 26.7. The van der Waals surface area contributed by atoms with Crippen molar-refractivity contribution in [1.29, 1.82) is 0 Å². The molecule has 2 N–H and O–H groups in total. The summed E-state index contributed by atoms with van der Waals surface area (Å²) in [7, 11) is 2.37. The van der Waals surface area contributed by atoms with Gasteiger partial charge in [0.25, 0.3) is 0 Å². The van der Waals surface area contributed by atoms with Crippen molar-refractivity contribution < 1.29 is 29.3 Å². The van der Waals surface area contributed by atoms with Gasteiger partial charge in [-0.25, -0.2) is 0 Å². The van der Waals surface area contributed by atoms with Crippen LogP contribution in [0.25, 0.3) is 0 Å². The molecule has 0 aromatic heterocycles. The van der Waals surface area contributed by atoms with E-state index in [1.54, 1.807) is 0 Å². The molecule has 2 aliphatic rings. The zero-order valence-electron chi connectivity index (χ0n) is 25.1. The first kappa shape index (κ1) is 29.9. The summed E-state index contributed by atoms with van der Waals surface area (Å²) < 4.78 is 10.2. The number of aliphatic hydroxyl groups is 2. The van der Waals surface area contributed by atoms with Crippen LogP contribution in [0.1, 0.15) is 57.3 Å². The van der Waals surface area contributed by atoms with Gasteiger partial charge in [-0.1, -0.05) is 121 Å². The normalized spacial score (nSPS) is 14.8. The van der Waals surface area contributed by atoms with Crippen molar-refractivity contribution in [2.75, 3.05) is 14.2 Å². The predicted octanol–water partition coefficient (Wildman–Crippen LogP) is 4.79. The van der Waals surface area contributed by atoms with Gasteiger partial charge in [-0.15, -0.1) is 0 Å². The van der Waals surface area contributed by atoms with E-state index in [2.05, 4.69) is 23.7 Å². The predicted molar refractivity (Wildman–Crippen MR) is 169 cm³/mol. The van der Waals surface area contributed by atoms with Gasteiger partial charge in [0.1, 0.15) is 0 Å². The first-order valence-electron chi connectivity index (χ1n) is 14.7. The maximum Gasteiger partial charge on any atom is 0.325 e. The highest BCUT2D eigenvalue weighted by Gasteiger charge is 2.48. The lowest BCUT2D eigenvalue weighted by atomic mass is 9.74. The summed E-state index contributed by atoms with van der Waals surface area (Å²) >= 11 is 0. The third kappa shape index (κ3) is 4.99. The van der Waals surface area contributed by atoms with Crippen LogP contribution in [0.3, 0.4) is 0 Å². The van der Waals surface area contributed by atoms with Crippen molar-refractivity contribution in [2.24, 2.45) is 5.41 Å². The van der Waals surface area contributed by atoms with E-state index in [0.717, 1.165) is 22.3 Å². The molecule has 6 rings (SSSR count). The number of hydrogen-bond donors (Lipinski definition) is 2. The monoisotopic (exact) mass is 596 g/mol. The van der Waals surface area contributed by atoms with Crippen molar-refractivity contribution in [3.63, 3.8) is 0 Å². The molecule has 4 aromatic rings. The number of hydrogen-bond acceptors (Lipinski definition) is 6. The minimum absolute atomic E-state index is 0.334. The minimum atomic E-state index is -1.93. The number of rotatable bonds is 4. The van der Waals surface area contributed by atoms with Gasteiger partial charge < -0.3 is 19.7 Å². The van der Waals surface area contributed by atoms with Crippen LogP contribution in [0.2, 0.25) is 0 Å². The Balaban J connectivity index is 1.41. The summed E-state index contributed by atoms with van der Waals surface area (Å²) in [6.07, 6.45) is 0.628. The second-order valence-corrected chi connectivity index (χ2v) is 11.4. The van der Waals surface area contributed by atoms with Gasteiger partial charge in [-0.3, -0.25) is 9.59 Å². The number of carbonyl (C=O) groups excluding carboxylic acids is 2. The molecular formula is C39H32O6. The Bertz CT molecular complexity index is 1700.